The first-order chi connectivity index (χ1) is 15.2. The third-order valence-corrected chi connectivity index (χ3v) is 6.97. The molecule has 6 rings (SSSR count). The Morgan fingerprint density at radius 3 is 2.81 bits per heavy atom. The molecular weight excluding hydrogens is 410 g/mol. The molecule has 7 nitrogen and oxygen atoms in total. The van der Waals surface area contributed by atoms with Crippen LogP contribution < -0.4 is 5.73 Å². The maximum Gasteiger partial charge on any atom is 0.177 e. The Balaban J connectivity index is 1.44. The lowest BCUT2D eigenvalue weighted by atomic mass is 9.93. The molecule has 0 amide bonds. The van der Waals surface area contributed by atoms with E-state index < -0.39 is 0 Å². The fourth-order valence-corrected chi connectivity index (χ4v) is 5.19. The Morgan fingerprint density at radius 2 is 1.94 bits per heavy atom. The molecule has 4 heterocycles. The average molecular weight is 432 g/mol. The van der Waals surface area contributed by atoms with Crippen molar-refractivity contribution in [1.82, 2.24) is 19.1 Å². The first-order valence-corrected chi connectivity index (χ1v) is 11.2. The number of aliphatic hydroxyl groups is 1. The van der Waals surface area contributed by atoms with Crippen LogP contribution in [0.3, 0.4) is 0 Å². The number of rotatable bonds is 3. The van der Waals surface area contributed by atoms with E-state index in [0.717, 1.165) is 63.6 Å². The van der Waals surface area contributed by atoms with Gasteiger partial charge < -0.3 is 15.3 Å². The Hall–Kier alpha value is -3.23. The molecule has 1 aliphatic carbocycles. The van der Waals surface area contributed by atoms with Crippen LogP contribution in [-0.4, -0.2) is 30.3 Å². The van der Waals surface area contributed by atoms with Crippen molar-refractivity contribution in [3.05, 3.63) is 49.1 Å². The largest absolute Gasteiger partial charge is 0.452 e. The fourth-order valence-electron chi connectivity index (χ4n) is 4.51. The number of nitrogens with two attached hydrogens (primary N) is 1. The van der Waals surface area contributed by atoms with Gasteiger partial charge in [0.1, 0.15) is 5.76 Å². The second kappa shape index (κ2) is 7.18. The zero-order valence-electron chi connectivity index (χ0n) is 16.7. The molecule has 0 atom stereocenters. The van der Waals surface area contributed by atoms with Gasteiger partial charge in [-0.15, -0.1) is 0 Å². The van der Waals surface area contributed by atoms with E-state index in [1.807, 2.05) is 35.3 Å². The van der Waals surface area contributed by atoms with Crippen LogP contribution in [0, 0.1) is 0 Å². The van der Waals surface area contributed by atoms with Gasteiger partial charge in [-0.3, -0.25) is 4.68 Å². The van der Waals surface area contributed by atoms with Crippen molar-refractivity contribution < 1.29 is 9.52 Å². The number of benzene rings is 1. The molecule has 0 bridgehead atoms. The average Bonchev–Trinajstić information content (AvgIpc) is 3.53. The van der Waals surface area contributed by atoms with Crippen molar-refractivity contribution >= 4 is 38.4 Å². The quantitative estimate of drug-likeness (QED) is 0.415. The highest BCUT2D eigenvalue weighted by molar-refractivity contribution is 7.13. The summed E-state index contributed by atoms with van der Waals surface area (Å²) >= 11 is 1.47. The number of nitrogens with zero attached hydrogens (tertiary/aromatic N) is 4. The lowest BCUT2D eigenvalue weighted by Crippen LogP contribution is -2.21. The van der Waals surface area contributed by atoms with Crippen LogP contribution in [0.5, 0.6) is 0 Å². The van der Waals surface area contributed by atoms with Crippen LogP contribution in [0.4, 0.5) is 5.82 Å². The predicted octanol–water partition coefficient (Wildman–Crippen LogP) is 5.03. The molecule has 31 heavy (non-hydrogen) atoms. The van der Waals surface area contributed by atoms with E-state index in [0.29, 0.717) is 17.4 Å². The maximum atomic E-state index is 9.79. The van der Waals surface area contributed by atoms with E-state index >= 15 is 0 Å². The zero-order chi connectivity index (χ0) is 20.9. The van der Waals surface area contributed by atoms with Crippen molar-refractivity contribution in [3.8, 4) is 22.5 Å². The summed E-state index contributed by atoms with van der Waals surface area (Å²) in [4.78, 5) is 4.38. The van der Waals surface area contributed by atoms with E-state index in [9.17, 15) is 5.11 Å². The monoisotopic (exact) mass is 431 g/mol. The summed E-state index contributed by atoms with van der Waals surface area (Å²) in [7, 11) is 0. The summed E-state index contributed by atoms with van der Waals surface area (Å²) in [5.74, 6) is 1.12. The summed E-state index contributed by atoms with van der Waals surface area (Å²) in [5.41, 5.74) is 9.66. The van der Waals surface area contributed by atoms with E-state index in [2.05, 4.69) is 26.7 Å². The van der Waals surface area contributed by atoms with Gasteiger partial charge in [-0.1, -0.05) is 12.1 Å². The van der Waals surface area contributed by atoms with Crippen molar-refractivity contribution in [2.45, 2.75) is 37.8 Å². The van der Waals surface area contributed by atoms with Gasteiger partial charge >= 0.3 is 0 Å². The predicted molar refractivity (Wildman–Crippen MR) is 122 cm³/mol. The number of pyridine rings is 1. The van der Waals surface area contributed by atoms with E-state index in [1.165, 1.54) is 11.5 Å². The molecule has 8 heteroatoms. The molecule has 0 unspecified atom stereocenters. The molecule has 5 aromatic rings. The highest BCUT2D eigenvalue weighted by Gasteiger charge is 2.22. The minimum Gasteiger partial charge on any atom is -0.452 e. The normalized spacial score (nSPS) is 19.4. The minimum absolute atomic E-state index is 0.181. The van der Waals surface area contributed by atoms with E-state index in [-0.39, 0.29) is 6.10 Å². The number of aromatic nitrogens is 4. The number of hydrogen-bond acceptors (Lipinski definition) is 7. The first-order valence-electron chi connectivity index (χ1n) is 10.4. The van der Waals surface area contributed by atoms with Crippen LogP contribution >= 0.6 is 11.5 Å². The fraction of sp³-hybridized carbons (Fsp3) is 0.261. The van der Waals surface area contributed by atoms with Crippen LogP contribution in [0.15, 0.2) is 53.5 Å². The lowest BCUT2D eigenvalue weighted by Gasteiger charge is -2.25. The summed E-state index contributed by atoms with van der Waals surface area (Å²) < 4.78 is 13.6. The van der Waals surface area contributed by atoms with Gasteiger partial charge in [0.2, 0.25) is 0 Å². The molecule has 0 saturated heterocycles. The third kappa shape index (κ3) is 3.10. The van der Waals surface area contributed by atoms with Crippen molar-refractivity contribution in [2.24, 2.45) is 0 Å². The zero-order valence-corrected chi connectivity index (χ0v) is 17.5. The Bertz CT molecular complexity index is 1390. The summed E-state index contributed by atoms with van der Waals surface area (Å²) in [6.07, 6.45) is 10.9. The van der Waals surface area contributed by atoms with Gasteiger partial charge in [-0.2, -0.15) is 9.47 Å². The lowest BCUT2D eigenvalue weighted by molar-refractivity contribution is 0.108. The maximum absolute atomic E-state index is 9.79. The summed E-state index contributed by atoms with van der Waals surface area (Å²) in [6.45, 7) is 0. The molecule has 1 saturated carbocycles. The van der Waals surface area contributed by atoms with Crippen LogP contribution in [0.1, 0.15) is 31.7 Å². The third-order valence-electron chi connectivity index (χ3n) is 6.20. The molecule has 1 fully saturated rings. The van der Waals surface area contributed by atoms with Crippen LogP contribution in [0.25, 0.3) is 43.5 Å². The standard InChI is InChI=1S/C23H21N5O2S/c24-23-22-17(8-20(30-22)16-2-1-3-21-19(16)11-27-31-21)18(10-25-23)13-9-26-28(12-13)14-4-6-15(29)7-5-14/h1-3,8-12,14-15,29H,4-7H2,(H2,24,25). The van der Waals surface area contributed by atoms with E-state index in [4.69, 9.17) is 10.2 Å². The van der Waals surface area contributed by atoms with Crippen molar-refractivity contribution in [2.75, 3.05) is 5.73 Å². The number of furan rings is 1. The number of anilines is 1. The Kier molecular flexibility index (Phi) is 4.29. The van der Waals surface area contributed by atoms with Gasteiger partial charge in [-0.25, -0.2) is 4.98 Å². The first kappa shape index (κ1) is 18.5. The summed E-state index contributed by atoms with van der Waals surface area (Å²) in [5, 5.41) is 16.4. The van der Waals surface area contributed by atoms with Gasteiger partial charge in [-0.05, 0) is 49.3 Å². The molecule has 0 spiro atoms. The summed E-state index contributed by atoms with van der Waals surface area (Å²) in [6, 6.07) is 8.45. The van der Waals surface area contributed by atoms with Gasteiger partial charge in [0.15, 0.2) is 11.4 Å². The van der Waals surface area contributed by atoms with Crippen LogP contribution in [0.2, 0.25) is 0 Å². The molecule has 0 aliphatic heterocycles. The number of nitrogen functional groups attached to an aromatic ring is 1. The van der Waals surface area contributed by atoms with E-state index in [1.54, 1.807) is 6.20 Å². The SMILES string of the molecule is Nc1ncc(-c2cnn(C3CCC(O)CC3)c2)c2cc(-c3cccc4sncc34)oc12. The smallest absolute Gasteiger partial charge is 0.177 e. The molecule has 4 aromatic heterocycles. The van der Waals surface area contributed by atoms with Crippen LogP contribution in [-0.2, 0) is 0 Å². The highest BCUT2D eigenvalue weighted by atomic mass is 32.1. The second-order valence-corrected chi connectivity index (χ2v) is 8.96. The van der Waals surface area contributed by atoms with Gasteiger partial charge in [0.25, 0.3) is 0 Å². The molecular formula is C23H21N5O2S. The second-order valence-electron chi connectivity index (χ2n) is 8.13. The Labute approximate surface area is 182 Å². The number of fused-ring (bicyclic) bond motifs is 2. The van der Waals surface area contributed by atoms with Crippen molar-refractivity contribution in [3.63, 3.8) is 0 Å². The molecule has 3 N–H and O–H groups in total. The Morgan fingerprint density at radius 1 is 1.06 bits per heavy atom. The topological polar surface area (TPSA) is 103 Å². The molecule has 0 radical (unpaired) electrons. The van der Waals surface area contributed by atoms with Gasteiger partial charge in [0.05, 0.1) is 23.0 Å². The molecule has 1 aliphatic rings. The minimum atomic E-state index is -0.181. The highest BCUT2D eigenvalue weighted by Crippen LogP contribution is 2.39. The molecule has 156 valence electrons. The molecule has 1 aromatic carbocycles. The van der Waals surface area contributed by atoms with Crippen molar-refractivity contribution in [1.29, 1.82) is 0 Å². The van der Waals surface area contributed by atoms with Gasteiger partial charge in [0, 0.05) is 46.1 Å². The number of aliphatic hydroxyl groups excluding tert-OH is 1. The number of hydrogen-bond donors (Lipinski definition) is 2.